The predicted molar refractivity (Wildman–Crippen MR) is 117 cm³/mol. The first-order chi connectivity index (χ1) is 11.6. The molecule has 136 valence electrons. The molecule has 0 saturated carbocycles. The molecule has 25 heavy (non-hydrogen) atoms. The molecule has 0 saturated heterocycles. The van der Waals surface area contributed by atoms with Crippen LogP contribution in [-0.4, -0.2) is 24.0 Å². The maximum atomic E-state index is 4.69. The van der Waals surface area contributed by atoms with Gasteiger partial charge in [0.05, 0.1) is 6.04 Å². The average molecular weight is 452 g/mol. The van der Waals surface area contributed by atoms with Crippen LogP contribution >= 0.6 is 24.0 Å². The maximum absolute atomic E-state index is 4.69. The van der Waals surface area contributed by atoms with E-state index in [1.807, 2.05) is 19.2 Å². The lowest BCUT2D eigenvalue weighted by atomic mass is 10.0. The number of aromatic nitrogens is 1. The molecule has 5 heteroatoms. The van der Waals surface area contributed by atoms with Crippen molar-refractivity contribution >= 4 is 29.9 Å². The summed E-state index contributed by atoms with van der Waals surface area (Å²) in [6.45, 7) is 9.97. The van der Waals surface area contributed by atoms with Crippen molar-refractivity contribution in [2.24, 2.45) is 4.99 Å². The first-order valence-electron chi connectivity index (χ1n) is 8.62. The van der Waals surface area contributed by atoms with Gasteiger partial charge in [-0.05, 0) is 56.9 Å². The van der Waals surface area contributed by atoms with E-state index in [1.54, 1.807) is 0 Å². The highest BCUT2D eigenvalue weighted by atomic mass is 127. The molecule has 1 heterocycles. The van der Waals surface area contributed by atoms with Crippen LogP contribution in [0.2, 0.25) is 0 Å². The van der Waals surface area contributed by atoms with Crippen LogP contribution in [0.4, 0.5) is 0 Å². The van der Waals surface area contributed by atoms with Gasteiger partial charge in [-0.15, -0.1) is 24.0 Å². The lowest BCUT2D eigenvalue weighted by Gasteiger charge is -2.19. The highest BCUT2D eigenvalue weighted by molar-refractivity contribution is 14.0. The third-order valence-electron chi connectivity index (χ3n) is 4.00. The first kappa shape index (κ1) is 21.4. The zero-order valence-electron chi connectivity index (χ0n) is 15.5. The fourth-order valence-corrected chi connectivity index (χ4v) is 2.62. The number of guanidine groups is 1. The van der Waals surface area contributed by atoms with Gasteiger partial charge in [0.25, 0.3) is 0 Å². The number of nitrogens with one attached hydrogen (secondary N) is 2. The van der Waals surface area contributed by atoms with Gasteiger partial charge in [-0.1, -0.05) is 30.3 Å². The third kappa shape index (κ3) is 7.02. The van der Waals surface area contributed by atoms with Crippen molar-refractivity contribution in [3.8, 4) is 0 Å². The lowest BCUT2D eigenvalue weighted by Crippen LogP contribution is -2.39. The molecule has 0 aliphatic rings. The summed E-state index contributed by atoms with van der Waals surface area (Å²) in [5.41, 5.74) is 4.85. The Bertz CT molecular complexity index is 668. The Morgan fingerprint density at radius 3 is 2.56 bits per heavy atom. The van der Waals surface area contributed by atoms with Crippen molar-refractivity contribution in [3.63, 3.8) is 0 Å². The summed E-state index contributed by atoms with van der Waals surface area (Å²) >= 11 is 0. The Labute approximate surface area is 168 Å². The molecule has 0 aliphatic heterocycles. The van der Waals surface area contributed by atoms with Gasteiger partial charge in [-0.3, -0.25) is 9.98 Å². The number of nitrogens with zero attached hydrogens (tertiary/aromatic N) is 2. The lowest BCUT2D eigenvalue weighted by molar-refractivity contribution is 0.682. The number of aliphatic imine (C=N–C) groups is 1. The largest absolute Gasteiger partial charge is 0.357 e. The van der Waals surface area contributed by atoms with Crippen molar-refractivity contribution in [2.45, 2.75) is 40.2 Å². The Kier molecular flexibility index (Phi) is 9.49. The minimum absolute atomic E-state index is 0. The smallest absolute Gasteiger partial charge is 0.191 e. The van der Waals surface area contributed by atoms with E-state index in [4.69, 9.17) is 4.99 Å². The van der Waals surface area contributed by atoms with Crippen LogP contribution in [0.1, 0.15) is 42.3 Å². The summed E-state index contributed by atoms with van der Waals surface area (Å²) in [6.07, 6.45) is 2.82. The van der Waals surface area contributed by atoms with Crippen molar-refractivity contribution < 1.29 is 0 Å². The maximum Gasteiger partial charge on any atom is 0.191 e. The second-order valence-electron chi connectivity index (χ2n) is 6.04. The van der Waals surface area contributed by atoms with Gasteiger partial charge in [0, 0.05) is 25.0 Å². The molecule has 0 amide bonds. The van der Waals surface area contributed by atoms with Crippen LogP contribution in [0.15, 0.2) is 47.6 Å². The van der Waals surface area contributed by atoms with Gasteiger partial charge in [0.1, 0.15) is 0 Å². The summed E-state index contributed by atoms with van der Waals surface area (Å²) in [4.78, 5) is 9.02. The average Bonchev–Trinajstić information content (AvgIpc) is 2.57. The molecule has 4 nitrogen and oxygen atoms in total. The van der Waals surface area contributed by atoms with E-state index in [0.717, 1.165) is 31.2 Å². The summed E-state index contributed by atoms with van der Waals surface area (Å²) < 4.78 is 0. The summed E-state index contributed by atoms with van der Waals surface area (Å²) in [5, 5.41) is 6.82. The fraction of sp³-hybridized carbons (Fsp3) is 0.400. The quantitative estimate of drug-likeness (QED) is 0.393. The number of benzene rings is 1. The molecular formula is C20H29IN4. The van der Waals surface area contributed by atoms with Gasteiger partial charge >= 0.3 is 0 Å². The first-order valence-corrected chi connectivity index (χ1v) is 8.62. The normalized spacial score (nSPS) is 12.2. The van der Waals surface area contributed by atoms with E-state index in [2.05, 4.69) is 66.7 Å². The summed E-state index contributed by atoms with van der Waals surface area (Å²) in [7, 11) is 0. The highest BCUT2D eigenvalue weighted by Gasteiger charge is 2.09. The van der Waals surface area contributed by atoms with Crippen molar-refractivity contribution in [3.05, 3.63) is 65.0 Å². The second-order valence-corrected chi connectivity index (χ2v) is 6.04. The molecule has 1 atom stereocenters. The molecule has 2 aromatic rings. The van der Waals surface area contributed by atoms with Crippen molar-refractivity contribution in [2.75, 3.05) is 13.1 Å². The van der Waals surface area contributed by atoms with E-state index >= 15 is 0 Å². The van der Waals surface area contributed by atoms with Crippen LogP contribution < -0.4 is 10.6 Å². The topological polar surface area (TPSA) is 49.3 Å². The van der Waals surface area contributed by atoms with Crippen LogP contribution in [0, 0.1) is 13.8 Å². The van der Waals surface area contributed by atoms with E-state index in [1.165, 1.54) is 16.7 Å². The molecule has 2 rings (SSSR count). The predicted octanol–water partition coefficient (Wildman–Crippen LogP) is 4.18. The molecular weight excluding hydrogens is 423 g/mol. The number of halogens is 1. The molecule has 0 bridgehead atoms. The number of aryl methyl sites for hydroxylation is 2. The highest BCUT2D eigenvalue weighted by Crippen LogP contribution is 2.16. The number of rotatable bonds is 6. The van der Waals surface area contributed by atoms with E-state index in [0.29, 0.717) is 0 Å². The molecule has 2 N–H and O–H groups in total. The van der Waals surface area contributed by atoms with Crippen LogP contribution in [0.25, 0.3) is 0 Å². The SMILES string of the molecule is CCNC(=NCCc1ccc(C)nc1)NC(C)c1ccccc1C.I. The third-order valence-corrected chi connectivity index (χ3v) is 4.00. The Balaban J connectivity index is 0.00000312. The number of hydrogen-bond donors (Lipinski definition) is 2. The minimum atomic E-state index is 0. The van der Waals surface area contributed by atoms with Crippen molar-refractivity contribution in [1.29, 1.82) is 0 Å². The summed E-state index contributed by atoms with van der Waals surface area (Å²) in [5.74, 6) is 0.855. The Morgan fingerprint density at radius 1 is 1.16 bits per heavy atom. The van der Waals surface area contributed by atoms with Gasteiger partial charge in [0.15, 0.2) is 5.96 Å². The zero-order chi connectivity index (χ0) is 17.4. The molecule has 0 radical (unpaired) electrons. The fourth-order valence-electron chi connectivity index (χ4n) is 2.62. The van der Waals surface area contributed by atoms with Gasteiger partial charge in [-0.25, -0.2) is 0 Å². The van der Waals surface area contributed by atoms with E-state index in [-0.39, 0.29) is 30.0 Å². The van der Waals surface area contributed by atoms with Crippen molar-refractivity contribution in [1.82, 2.24) is 15.6 Å². The summed E-state index contributed by atoms with van der Waals surface area (Å²) in [6, 6.07) is 12.8. The van der Waals surface area contributed by atoms with Crippen LogP contribution in [0.5, 0.6) is 0 Å². The molecule has 0 aliphatic carbocycles. The zero-order valence-corrected chi connectivity index (χ0v) is 17.9. The molecule has 0 spiro atoms. The molecule has 1 aromatic carbocycles. The van der Waals surface area contributed by atoms with Crippen LogP contribution in [0.3, 0.4) is 0 Å². The number of hydrogen-bond acceptors (Lipinski definition) is 2. The second kappa shape index (κ2) is 11.1. The molecule has 0 fully saturated rings. The number of pyridine rings is 1. The minimum Gasteiger partial charge on any atom is -0.357 e. The Hall–Kier alpha value is -1.63. The van der Waals surface area contributed by atoms with E-state index in [9.17, 15) is 0 Å². The molecule has 1 aromatic heterocycles. The monoisotopic (exact) mass is 452 g/mol. The van der Waals surface area contributed by atoms with Gasteiger partial charge in [0.2, 0.25) is 0 Å². The van der Waals surface area contributed by atoms with E-state index < -0.39 is 0 Å². The van der Waals surface area contributed by atoms with Crippen LogP contribution in [-0.2, 0) is 6.42 Å². The van der Waals surface area contributed by atoms with Gasteiger partial charge in [-0.2, -0.15) is 0 Å². The standard InChI is InChI=1S/C20H28N4.HI/c1-5-21-20(22-13-12-18-11-10-16(3)23-14-18)24-17(4)19-9-7-6-8-15(19)2;/h6-11,14,17H,5,12-13H2,1-4H3,(H2,21,22,24);1H. The Morgan fingerprint density at radius 2 is 1.92 bits per heavy atom. The van der Waals surface area contributed by atoms with Gasteiger partial charge < -0.3 is 10.6 Å². The molecule has 1 unspecified atom stereocenters.